The highest BCUT2D eigenvalue weighted by Gasteiger charge is 2.46. The predicted molar refractivity (Wildman–Crippen MR) is 92.4 cm³/mol. The average Bonchev–Trinajstić information content (AvgIpc) is 3.36. The van der Waals surface area contributed by atoms with Crippen molar-refractivity contribution in [1.82, 2.24) is 4.90 Å². The zero-order chi connectivity index (χ0) is 16.2. The van der Waals surface area contributed by atoms with Gasteiger partial charge in [0.2, 0.25) is 5.91 Å². The molecule has 1 aromatic rings. The van der Waals surface area contributed by atoms with Crippen LogP contribution in [0.15, 0.2) is 24.3 Å². The summed E-state index contributed by atoms with van der Waals surface area (Å²) in [5.74, 6) is 1.81. The van der Waals surface area contributed by atoms with E-state index in [2.05, 4.69) is 36.1 Å². The molecule has 0 N–H and O–H groups in total. The number of piperidine rings is 1. The molecule has 23 heavy (non-hydrogen) atoms. The third-order valence-electron chi connectivity index (χ3n) is 5.50. The number of carbonyl (C=O) groups is 1. The molecule has 0 aromatic heterocycles. The number of ether oxygens (including phenoxy) is 1. The molecule has 1 saturated heterocycles. The van der Waals surface area contributed by atoms with Crippen LogP contribution in [0.2, 0.25) is 0 Å². The first-order valence-electron chi connectivity index (χ1n) is 9.12. The molecular formula is C20H29NO2. The van der Waals surface area contributed by atoms with Gasteiger partial charge in [0, 0.05) is 32.2 Å². The monoisotopic (exact) mass is 315 g/mol. The van der Waals surface area contributed by atoms with Crippen molar-refractivity contribution in [2.24, 2.45) is 11.8 Å². The minimum atomic E-state index is 0.232. The van der Waals surface area contributed by atoms with Crippen molar-refractivity contribution in [3.8, 4) is 0 Å². The van der Waals surface area contributed by atoms with Crippen LogP contribution in [0, 0.1) is 18.8 Å². The lowest BCUT2D eigenvalue weighted by Crippen LogP contribution is -2.39. The van der Waals surface area contributed by atoms with Crippen LogP contribution in [0.5, 0.6) is 0 Å². The topological polar surface area (TPSA) is 29.5 Å². The molecule has 1 aromatic carbocycles. The first-order chi connectivity index (χ1) is 11.2. The highest BCUT2D eigenvalue weighted by atomic mass is 16.5. The Hall–Kier alpha value is -1.35. The summed E-state index contributed by atoms with van der Waals surface area (Å²) in [6, 6.07) is 8.50. The van der Waals surface area contributed by atoms with Crippen LogP contribution in [0.25, 0.3) is 0 Å². The molecule has 3 heteroatoms. The fourth-order valence-electron chi connectivity index (χ4n) is 3.89. The molecule has 1 aliphatic carbocycles. The van der Waals surface area contributed by atoms with E-state index in [1.165, 1.54) is 11.1 Å². The third-order valence-corrected chi connectivity index (χ3v) is 5.50. The van der Waals surface area contributed by atoms with Gasteiger partial charge in [0.05, 0.1) is 0 Å². The van der Waals surface area contributed by atoms with Crippen molar-refractivity contribution in [3.05, 3.63) is 35.4 Å². The van der Waals surface area contributed by atoms with E-state index in [9.17, 15) is 4.79 Å². The van der Waals surface area contributed by atoms with Crippen molar-refractivity contribution in [1.29, 1.82) is 0 Å². The van der Waals surface area contributed by atoms with E-state index in [1.54, 1.807) is 0 Å². The molecule has 1 heterocycles. The van der Waals surface area contributed by atoms with E-state index in [0.717, 1.165) is 57.9 Å². The van der Waals surface area contributed by atoms with Crippen molar-refractivity contribution in [2.75, 3.05) is 26.3 Å². The number of hydrogen-bond donors (Lipinski definition) is 0. The van der Waals surface area contributed by atoms with Crippen molar-refractivity contribution in [2.45, 2.75) is 45.4 Å². The normalized spacial score (nSPS) is 24.7. The van der Waals surface area contributed by atoms with E-state index in [4.69, 9.17) is 4.74 Å². The molecule has 3 nitrogen and oxygen atoms in total. The minimum absolute atomic E-state index is 0.232. The first-order valence-corrected chi connectivity index (χ1v) is 9.12. The van der Waals surface area contributed by atoms with Gasteiger partial charge in [-0.15, -0.1) is 0 Å². The molecule has 2 fully saturated rings. The number of rotatable bonds is 6. The van der Waals surface area contributed by atoms with Crippen LogP contribution >= 0.6 is 0 Å². The van der Waals surface area contributed by atoms with E-state index in [0.29, 0.717) is 11.8 Å². The first kappa shape index (κ1) is 16.5. The third kappa shape index (κ3) is 3.95. The van der Waals surface area contributed by atoms with Gasteiger partial charge in [-0.25, -0.2) is 0 Å². The molecular weight excluding hydrogens is 286 g/mol. The predicted octanol–water partition coefficient (Wildman–Crippen LogP) is 3.76. The summed E-state index contributed by atoms with van der Waals surface area (Å²) in [5, 5.41) is 0. The number of benzene rings is 1. The van der Waals surface area contributed by atoms with Crippen molar-refractivity contribution >= 4 is 5.91 Å². The average molecular weight is 315 g/mol. The second-order valence-corrected chi connectivity index (χ2v) is 7.06. The van der Waals surface area contributed by atoms with Crippen molar-refractivity contribution < 1.29 is 9.53 Å². The Morgan fingerprint density at radius 1 is 1.26 bits per heavy atom. The Kier molecular flexibility index (Phi) is 5.37. The standard InChI is InChI=1S/C20H29NO2/c1-3-23-13-10-16-8-11-21(12-9-16)20(22)19-14-18(19)17-7-5-4-6-15(17)2/h4-7,16,18-19H,3,8-14H2,1-2H3. The second-order valence-electron chi connectivity index (χ2n) is 7.06. The van der Waals surface area contributed by atoms with Gasteiger partial charge in [0.1, 0.15) is 0 Å². The summed E-state index contributed by atoms with van der Waals surface area (Å²) in [5.41, 5.74) is 2.69. The van der Waals surface area contributed by atoms with Crippen LogP contribution in [0.1, 0.15) is 49.7 Å². The number of aryl methyl sites for hydroxylation is 1. The Labute approximate surface area is 140 Å². The van der Waals surface area contributed by atoms with E-state index < -0.39 is 0 Å². The number of hydrogen-bond acceptors (Lipinski definition) is 2. The van der Waals surface area contributed by atoms with Gasteiger partial charge in [-0.2, -0.15) is 0 Å². The molecule has 2 atom stereocenters. The van der Waals surface area contributed by atoms with Crippen LogP contribution < -0.4 is 0 Å². The van der Waals surface area contributed by atoms with E-state index >= 15 is 0 Å². The van der Waals surface area contributed by atoms with Gasteiger partial charge in [0.15, 0.2) is 0 Å². The summed E-state index contributed by atoms with van der Waals surface area (Å²) in [7, 11) is 0. The molecule has 0 radical (unpaired) electrons. The van der Waals surface area contributed by atoms with Gasteiger partial charge in [-0.3, -0.25) is 4.79 Å². The summed E-state index contributed by atoms with van der Waals surface area (Å²) < 4.78 is 5.45. The molecule has 1 amide bonds. The zero-order valence-corrected chi connectivity index (χ0v) is 14.5. The molecule has 126 valence electrons. The minimum Gasteiger partial charge on any atom is -0.382 e. The summed E-state index contributed by atoms with van der Waals surface area (Å²) in [6.07, 6.45) is 4.46. The van der Waals surface area contributed by atoms with E-state index in [1.807, 2.05) is 6.92 Å². The smallest absolute Gasteiger partial charge is 0.226 e. The SMILES string of the molecule is CCOCCC1CCN(C(=O)C2CC2c2ccccc2C)CC1. The molecule has 1 saturated carbocycles. The van der Waals surface area contributed by atoms with Crippen LogP contribution in [-0.2, 0) is 9.53 Å². The molecule has 0 bridgehead atoms. The Balaban J connectivity index is 1.47. The maximum absolute atomic E-state index is 12.7. The Morgan fingerprint density at radius 3 is 2.70 bits per heavy atom. The highest BCUT2D eigenvalue weighted by molar-refractivity contribution is 5.83. The molecule has 1 aliphatic heterocycles. The van der Waals surface area contributed by atoms with Gasteiger partial charge < -0.3 is 9.64 Å². The maximum atomic E-state index is 12.7. The lowest BCUT2D eigenvalue weighted by Gasteiger charge is -2.32. The molecule has 0 spiro atoms. The van der Waals surface area contributed by atoms with Crippen LogP contribution in [0.4, 0.5) is 0 Å². The van der Waals surface area contributed by atoms with Crippen molar-refractivity contribution in [3.63, 3.8) is 0 Å². The largest absolute Gasteiger partial charge is 0.382 e. The lowest BCUT2D eigenvalue weighted by molar-refractivity contribution is -0.134. The molecule has 2 aliphatic rings. The quantitative estimate of drug-likeness (QED) is 0.748. The summed E-state index contributed by atoms with van der Waals surface area (Å²) in [4.78, 5) is 14.8. The number of carbonyl (C=O) groups excluding carboxylic acids is 1. The lowest BCUT2D eigenvalue weighted by atomic mass is 9.93. The van der Waals surface area contributed by atoms with Gasteiger partial charge >= 0.3 is 0 Å². The zero-order valence-electron chi connectivity index (χ0n) is 14.5. The second kappa shape index (κ2) is 7.48. The molecule has 2 unspecified atom stereocenters. The van der Waals surface area contributed by atoms with Crippen LogP contribution in [0.3, 0.4) is 0 Å². The maximum Gasteiger partial charge on any atom is 0.226 e. The highest BCUT2D eigenvalue weighted by Crippen LogP contribution is 2.49. The fourth-order valence-corrected chi connectivity index (χ4v) is 3.89. The number of amides is 1. The van der Waals surface area contributed by atoms with Gasteiger partial charge in [-0.05, 0) is 62.5 Å². The van der Waals surface area contributed by atoms with Gasteiger partial charge in [-0.1, -0.05) is 24.3 Å². The summed E-state index contributed by atoms with van der Waals surface area (Å²) >= 11 is 0. The fraction of sp³-hybridized carbons (Fsp3) is 0.650. The van der Waals surface area contributed by atoms with Crippen LogP contribution in [-0.4, -0.2) is 37.1 Å². The number of nitrogens with zero attached hydrogens (tertiary/aromatic N) is 1. The number of likely N-dealkylation sites (tertiary alicyclic amines) is 1. The van der Waals surface area contributed by atoms with Gasteiger partial charge in [0.25, 0.3) is 0 Å². The van der Waals surface area contributed by atoms with E-state index in [-0.39, 0.29) is 5.92 Å². The Bertz CT molecular complexity index is 534. The Morgan fingerprint density at radius 2 is 2.00 bits per heavy atom. The molecule has 3 rings (SSSR count). The summed E-state index contributed by atoms with van der Waals surface area (Å²) in [6.45, 7) is 7.74.